The Morgan fingerprint density at radius 3 is 2.54 bits per heavy atom. The molecule has 1 saturated heterocycles. The number of hydrogen-bond acceptors (Lipinski definition) is 5. The van der Waals surface area contributed by atoms with Gasteiger partial charge in [-0.25, -0.2) is 0 Å². The first-order chi connectivity index (χ1) is 12.7. The Bertz CT molecular complexity index is 770. The number of carbonyl (C=O) groups excluding carboxylic acids is 1. The molecular weight excluding hydrogens is 330 g/mol. The fraction of sp³-hybridized carbons (Fsp3) is 0.350. The summed E-state index contributed by atoms with van der Waals surface area (Å²) < 4.78 is 11.1. The molecule has 0 spiro atoms. The smallest absolute Gasteiger partial charge is 0.266 e. The first-order valence-corrected chi connectivity index (χ1v) is 8.91. The Hall–Kier alpha value is -2.73. The lowest BCUT2D eigenvalue weighted by molar-refractivity contribution is -0.124. The number of rotatable bonds is 4. The van der Waals surface area contributed by atoms with E-state index < -0.39 is 6.10 Å². The largest absolute Gasteiger partial charge is 0.497 e. The van der Waals surface area contributed by atoms with Crippen molar-refractivity contribution in [2.45, 2.75) is 6.10 Å². The molecule has 2 aromatic rings. The summed E-state index contributed by atoms with van der Waals surface area (Å²) in [6, 6.07) is 15.7. The highest BCUT2D eigenvalue weighted by atomic mass is 16.5. The summed E-state index contributed by atoms with van der Waals surface area (Å²) in [6.07, 6.45) is -0.461. The summed E-state index contributed by atoms with van der Waals surface area (Å²) >= 11 is 0. The summed E-state index contributed by atoms with van der Waals surface area (Å²) in [4.78, 5) is 16.9. The van der Waals surface area contributed by atoms with Gasteiger partial charge in [-0.05, 0) is 36.4 Å². The average molecular weight is 353 g/mol. The molecule has 0 aliphatic carbocycles. The number of amides is 1. The lowest BCUT2D eigenvalue weighted by Crippen LogP contribution is -2.52. The second-order valence-corrected chi connectivity index (χ2v) is 6.58. The van der Waals surface area contributed by atoms with Crippen LogP contribution in [0.4, 0.5) is 11.4 Å². The second kappa shape index (κ2) is 7.25. The van der Waals surface area contributed by atoms with Crippen LogP contribution in [0, 0.1) is 0 Å². The monoisotopic (exact) mass is 353 g/mol. The van der Waals surface area contributed by atoms with E-state index in [9.17, 15) is 4.79 Å². The molecule has 6 nitrogen and oxygen atoms in total. The molecule has 1 amide bonds. The van der Waals surface area contributed by atoms with Gasteiger partial charge in [-0.15, -0.1) is 0 Å². The number of hydrogen-bond donors (Lipinski definition) is 1. The Morgan fingerprint density at radius 1 is 1.08 bits per heavy atom. The standard InChI is InChI=1S/C20H23N3O3/c1-25-16-8-6-15(7-9-16)23-12-10-22(11-13-23)14-19-20(24)21-17-4-2-3-5-18(17)26-19/h2-9,19H,10-14H2,1H3,(H,21,24). The molecule has 26 heavy (non-hydrogen) atoms. The van der Waals surface area contributed by atoms with Crippen molar-refractivity contribution in [3.63, 3.8) is 0 Å². The molecule has 4 rings (SSSR count). The highest BCUT2D eigenvalue weighted by molar-refractivity contribution is 5.97. The minimum Gasteiger partial charge on any atom is -0.497 e. The Kier molecular flexibility index (Phi) is 4.67. The highest BCUT2D eigenvalue weighted by Crippen LogP contribution is 2.29. The third-order valence-corrected chi connectivity index (χ3v) is 4.94. The van der Waals surface area contributed by atoms with E-state index in [-0.39, 0.29) is 5.91 Å². The molecule has 0 radical (unpaired) electrons. The van der Waals surface area contributed by atoms with Gasteiger partial charge in [-0.2, -0.15) is 0 Å². The number of carbonyl (C=O) groups is 1. The van der Waals surface area contributed by atoms with E-state index in [1.54, 1.807) is 7.11 Å². The van der Waals surface area contributed by atoms with E-state index in [0.717, 1.165) is 43.4 Å². The molecule has 0 aromatic heterocycles. The predicted octanol–water partition coefficient (Wildman–Crippen LogP) is 2.22. The summed E-state index contributed by atoms with van der Waals surface area (Å²) in [7, 11) is 1.68. The zero-order valence-electron chi connectivity index (χ0n) is 14.9. The fourth-order valence-electron chi connectivity index (χ4n) is 3.43. The SMILES string of the molecule is COc1ccc(N2CCN(CC3Oc4ccccc4NC3=O)CC2)cc1. The number of methoxy groups -OCH3 is 1. The Labute approximate surface area is 153 Å². The third kappa shape index (κ3) is 3.46. The van der Waals surface area contributed by atoms with Crippen molar-refractivity contribution in [1.82, 2.24) is 4.90 Å². The minimum atomic E-state index is -0.461. The van der Waals surface area contributed by atoms with Gasteiger partial charge in [0, 0.05) is 38.4 Å². The van der Waals surface area contributed by atoms with Gasteiger partial charge in [0.1, 0.15) is 11.5 Å². The van der Waals surface area contributed by atoms with Crippen LogP contribution in [0.15, 0.2) is 48.5 Å². The van der Waals surface area contributed by atoms with Crippen molar-refractivity contribution in [2.24, 2.45) is 0 Å². The lowest BCUT2D eigenvalue weighted by Gasteiger charge is -2.38. The van der Waals surface area contributed by atoms with Crippen molar-refractivity contribution < 1.29 is 14.3 Å². The molecular formula is C20H23N3O3. The molecule has 2 aliphatic heterocycles. The van der Waals surface area contributed by atoms with Crippen LogP contribution in [0.5, 0.6) is 11.5 Å². The molecule has 1 unspecified atom stereocenters. The number of nitrogens with zero attached hydrogens (tertiary/aromatic N) is 2. The molecule has 1 fully saturated rings. The zero-order chi connectivity index (χ0) is 17.9. The first-order valence-electron chi connectivity index (χ1n) is 8.91. The maximum atomic E-state index is 12.3. The van der Waals surface area contributed by atoms with Crippen LogP contribution in [0.25, 0.3) is 0 Å². The van der Waals surface area contributed by atoms with Gasteiger partial charge in [0.25, 0.3) is 5.91 Å². The fourth-order valence-corrected chi connectivity index (χ4v) is 3.43. The molecule has 2 aromatic carbocycles. The van der Waals surface area contributed by atoms with Crippen LogP contribution in [-0.2, 0) is 4.79 Å². The summed E-state index contributed by atoms with van der Waals surface area (Å²) in [5.41, 5.74) is 1.95. The van der Waals surface area contributed by atoms with Gasteiger partial charge >= 0.3 is 0 Å². The third-order valence-electron chi connectivity index (χ3n) is 4.94. The maximum absolute atomic E-state index is 12.3. The highest BCUT2D eigenvalue weighted by Gasteiger charge is 2.30. The van der Waals surface area contributed by atoms with Gasteiger partial charge in [0.15, 0.2) is 6.10 Å². The van der Waals surface area contributed by atoms with Crippen molar-refractivity contribution in [3.8, 4) is 11.5 Å². The van der Waals surface area contributed by atoms with Crippen LogP contribution in [0.1, 0.15) is 0 Å². The van der Waals surface area contributed by atoms with Gasteiger partial charge in [0.2, 0.25) is 0 Å². The van der Waals surface area contributed by atoms with Gasteiger partial charge in [-0.3, -0.25) is 9.69 Å². The Balaban J connectivity index is 1.33. The normalized spacial score (nSPS) is 20.1. The van der Waals surface area contributed by atoms with Crippen molar-refractivity contribution in [1.29, 1.82) is 0 Å². The van der Waals surface area contributed by atoms with Crippen LogP contribution in [0.3, 0.4) is 0 Å². The van der Waals surface area contributed by atoms with E-state index in [1.165, 1.54) is 5.69 Å². The van der Waals surface area contributed by atoms with Gasteiger partial charge in [0.05, 0.1) is 12.8 Å². The summed E-state index contributed by atoms with van der Waals surface area (Å²) in [6.45, 7) is 4.27. The molecule has 0 saturated carbocycles. The molecule has 6 heteroatoms. The predicted molar refractivity (Wildman–Crippen MR) is 101 cm³/mol. The molecule has 136 valence electrons. The first kappa shape index (κ1) is 16.7. The summed E-state index contributed by atoms with van der Waals surface area (Å²) in [5.74, 6) is 1.54. The number of ether oxygens (including phenoxy) is 2. The van der Waals surface area contributed by atoms with E-state index >= 15 is 0 Å². The number of piperazine rings is 1. The molecule has 1 atom stereocenters. The Morgan fingerprint density at radius 2 is 1.81 bits per heavy atom. The maximum Gasteiger partial charge on any atom is 0.266 e. The molecule has 1 N–H and O–H groups in total. The van der Waals surface area contributed by atoms with E-state index in [2.05, 4.69) is 27.2 Å². The van der Waals surface area contributed by atoms with E-state index in [1.807, 2.05) is 36.4 Å². The van der Waals surface area contributed by atoms with Crippen molar-refractivity contribution >= 4 is 17.3 Å². The summed E-state index contributed by atoms with van der Waals surface area (Å²) in [5, 5.41) is 2.93. The number of anilines is 2. The molecule has 2 aliphatic rings. The minimum absolute atomic E-state index is 0.0683. The number of para-hydroxylation sites is 2. The molecule has 2 heterocycles. The van der Waals surface area contributed by atoms with Crippen LogP contribution >= 0.6 is 0 Å². The van der Waals surface area contributed by atoms with Crippen LogP contribution < -0.4 is 19.7 Å². The quantitative estimate of drug-likeness (QED) is 0.913. The van der Waals surface area contributed by atoms with Crippen molar-refractivity contribution in [2.75, 3.05) is 50.1 Å². The number of nitrogens with one attached hydrogen (secondary N) is 1. The zero-order valence-corrected chi connectivity index (χ0v) is 14.9. The van der Waals surface area contributed by atoms with Gasteiger partial charge < -0.3 is 19.7 Å². The van der Waals surface area contributed by atoms with Crippen molar-refractivity contribution in [3.05, 3.63) is 48.5 Å². The van der Waals surface area contributed by atoms with Crippen LogP contribution in [0.2, 0.25) is 0 Å². The number of benzene rings is 2. The van der Waals surface area contributed by atoms with Gasteiger partial charge in [-0.1, -0.05) is 12.1 Å². The molecule has 0 bridgehead atoms. The lowest BCUT2D eigenvalue weighted by atomic mass is 10.2. The topological polar surface area (TPSA) is 54.0 Å². The van der Waals surface area contributed by atoms with E-state index in [4.69, 9.17) is 9.47 Å². The van der Waals surface area contributed by atoms with E-state index in [0.29, 0.717) is 6.54 Å². The average Bonchev–Trinajstić information content (AvgIpc) is 2.69. The second-order valence-electron chi connectivity index (χ2n) is 6.58. The van der Waals surface area contributed by atoms with Crippen LogP contribution in [-0.4, -0.2) is 56.7 Å². The number of fused-ring (bicyclic) bond motifs is 1.